The van der Waals surface area contributed by atoms with E-state index < -0.39 is 0 Å². The van der Waals surface area contributed by atoms with Crippen molar-refractivity contribution >= 4 is 5.91 Å². The Morgan fingerprint density at radius 3 is 2.89 bits per heavy atom. The maximum atomic E-state index is 13.1. The van der Waals surface area contributed by atoms with Crippen LogP contribution in [-0.2, 0) is 0 Å². The summed E-state index contributed by atoms with van der Waals surface area (Å²) in [5.74, 6) is 2.20. The van der Waals surface area contributed by atoms with E-state index in [4.69, 9.17) is 9.26 Å². The third-order valence-electron chi connectivity index (χ3n) is 4.62. The minimum atomic E-state index is -0.0272. The summed E-state index contributed by atoms with van der Waals surface area (Å²) < 4.78 is 11.2. The van der Waals surface area contributed by atoms with Crippen LogP contribution in [0, 0.1) is 0 Å². The van der Waals surface area contributed by atoms with Crippen LogP contribution in [0.4, 0.5) is 0 Å². The minimum Gasteiger partial charge on any atom is -0.488 e. The molecular formula is C21H27N3O3. The zero-order valence-corrected chi connectivity index (χ0v) is 16.3. The van der Waals surface area contributed by atoms with Crippen LogP contribution in [0.15, 0.2) is 40.9 Å². The summed E-state index contributed by atoms with van der Waals surface area (Å²) in [5.41, 5.74) is 1.49. The summed E-state index contributed by atoms with van der Waals surface area (Å²) >= 11 is 0. The molecule has 6 heteroatoms. The molecule has 1 aromatic carbocycles. The first-order chi connectivity index (χ1) is 13.0. The van der Waals surface area contributed by atoms with Gasteiger partial charge in [0.05, 0.1) is 11.5 Å². The number of nitrogens with zero attached hydrogens (tertiary/aromatic N) is 3. The van der Waals surface area contributed by atoms with E-state index in [-0.39, 0.29) is 17.7 Å². The lowest BCUT2D eigenvalue weighted by atomic mass is 9.97. The molecule has 0 radical (unpaired) electrons. The predicted octanol–water partition coefficient (Wildman–Crippen LogP) is 4.17. The zero-order valence-electron chi connectivity index (χ0n) is 16.3. The molecule has 3 rings (SSSR count). The largest absolute Gasteiger partial charge is 0.488 e. The van der Waals surface area contributed by atoms with E-state index in [1.54, 1.807) is 0 Å². The molecule has 0 aliphatic carbocycles. The number of carbonyl (C=O) groups excluding carboxylic acids is 1. The van der Waals surface area contributed by atoms with Gasteiger partial charge in [0.15, 0.2) is 5.82 Å². The highest BCUT2D eigenvalue weighted by atomic mass is 16.5. The maximum absolute atomic E-state index is 13.1. The number of para-hydroxylation sites is 1. The Kier molecular flexibility index (Phi) is 5.94. The lowest BCUT2D eigenvalue weighted by molar-refractivity contribution is 0.0691. The summed E-state index contributed by atoms with van der Waals surface area (Å²) in [5, 5.41) is 4.06. The van der Waals surface area contributed by atoms with Crippen molar-refractivity contribution in [2.24, 2.45) is 0 Å². The first-order valence-corrected chi connectivity index (χ1v) is 9.44. The Morgan fingerprint density at radius 1 is 1.41 bits per heavy atom. The van der Waals surface area contributed by atoms with Gasteiger partial charge in [-0.3, -0.25) is 4.79 Å². The van der Waals surface area contributed by atoms with Gasteiger partial charge < -0.3 is 14.2 Å². The second-order valence-electron chi connectivity index (χ2n) is 7.48. The van der Waals surface area contributed by atoms with Gasteiger partial charge in [-0.25, -0.2) is 0 Å². The zero-order chi connectivity index (χ0) is 19.4. The van der Waals surface area contributed by atoms with E-state index in [9.17, 15) is 4.79 Å². The van der Waals surface area contributed by atoms with Gasteiger partial charge in [0.2, 0.25) is 5.89 Å². The highest BCUT2D eigenvalue weighted by Gasteiger charge is 2.30. The normalized spacial score (nSPS) is 17.2. The molecule has 0 bridgehead atoms. The standard InChI is InChI=1S/C21H27N3O3/c1-14(2)13-26-18-10-6-5-9-17(18)21(25)24-11-7-8-16(12-24)20-22-19(15(3)4)23-27-20/h5-6,9-10,15-16H,1,7-8,11-13H2,2-4H3/t16-/m1/s1. The summed E-state index contributed by atoms with van der Waals surface area (Å²) in [6.07, 6.45) is 1.85. The summed E-state index contributed by atoms with van der Waals surface area (Å²) in [4.78, 5) is 19.5. The van der Waals surface area contributed by atoms with Crippen LogP contribution < -0.4 is 4.74 Å². The molecule has 144 valence electrons. The van der Waals surface area contributed by atoms with E-state index in [1.807, 2.05) is 49.9 Å². The molecule has 1 amide bonds. The Labute approximate surface area is 160 Å². The van der Waals surface area contributed by atoms with Crippen LogP contribution in [0.3, 0.4) is 0 Å². The Morgan fingerprint density at radius 2 is 2.19 bits per heavy atom. The number of piperidine rings is 1. The van der Waals surface area contributed by atoms with Crippen LogP contribution in [0.25, 0.3) is 0 Å². The van der Waals surface area contributed by atoms with Crippen molar-refractivity contribution in [2.45, 2.75) is 45.4 Å². The van der Waals surface area contributed by atoms with Gasteiger partial charge in [0.25, 0.3) is 5.91 Å². The van der Waals surface area contributed by atoms with Gasteiger partial charge in [-0.1, -0.05) is 37.7 Å². The van der Waals surface area contributed by atoms with Gasteiger partial charge >= 0.3 is 0 Å². The van der Waals surface area contributed by atoms with Crippen LogP contribution in [0.2, 0.25) is 0 Å². The van der Waals surface area contributed by atoms with Crippen LogP contribution in [-0.4, -0.2) is 40.6 Å². The number of likely N-dealkylation sites (tertiary alicyclic amines) is 1. The quantitative estimate of drug-likeness (QED) is 0.715. The third kappa shape index (κ3) is 4.56. The highest BCUT2D eigenvalue weighted by Crippen LogP contribution is 2.29. The summed E-state index contributed by atoms with van der Waals surface area (Å²) in [6, 6.07) is 7.36. The first-order valence-electron chi connectivity index (χ1n) is 9.44. The summed E-state index contributed by atoms with van der Waals surface area (Å²) in [6.45, 7) is 11.5. The number of aromatic nitrogens is 2. The second kappa shape index (κ2) is 8.37. The van der Waals surface area contributed by atoms with E-state index in [1.165, 1.54) is 0 Å². The SMILES string of the molecule is C=C(C)COc1ccccc1C(=O)N1CCC[C@@H](c2nc(C(C)C)no2)C1. The number of hydrogen-bond donors (Lipinski definition) is 0. The smallest absolute Gasteiger partial charge is 0.257 e. The molecule has 27 heavy (non-hydrogen) atoms. The van der Waals surface area contributed by atoms with Crippen LogP contribution in [0.5, 0.6) is 5.75 Å². The fourth-order valence-electron chi connectivity index (χ4n) is 3.15. The van der Waals surface area contributed by atoms with Crippen molar-refractivity contribution in [1.82, 2.24) is 15.0 Å². The number of amides is 1. The molecule has 0 unspecified atom stereocenters. The molecule has 0 N–H and O–H groups in total. The Bertz CT molecular complexity index is 813. The second-order valence-corrected chi connectivity index (χ2v) is 7.48. The van der Waals surface area contributed by atoms with Crippen molar-refractivity contribution in [1.29, 1.82) is 0 Å². The van der Waals surface area contributed by atoms with Crippen LogP contribution in [0.1, 0.15) is 67.5 Å². The molecule has 1 saturated heterocycles. The van der Waals surface area contributed by atoms with E-state index in [0.717, 1.165) is 25.0 Å². The van der Waals surface area contributed by atoms with Crippen molar-refractivity contribution in [3.63, 3.8) is 0 Å². The van der Waals surface area contributed by atoms with Gasteiger partial charge in [-0.2, -0.15) is 4.98 Å². The fourth-order valence-corrected chi connectivity index (χ4v) is 3.15. The monoisotopic (exact) mass is 369 g/mol. The molecule has 6 nitrogen and oxygen atoms in total. The topological polar surface area (TPSA) is 68.5 Å². The number of hydrogen-bond acceptors (Lipinski definition) is 5. The van der Waals surface area contributed by atoms with E-state index in [0.29, 0.717) is 36.2 Å². The molecule has 1 fully saturated rings. The number of rotatable bonds is 6. The van der Waals surface area contributed by atoms with Crippen molar-refractivity contribution in [2.75, 3.05) is 19.7 Å². The predicted molar refractivity (Wildman–Crippen MR) is 103 cm³/mol. The highest BCUT2D eigenvalue weighted by molar-refractivity contribution is 5.97. The van der Waals surface area contributed by atoms with Crippen molar-refractivity contribution in [3.05, 3.63) is 53.7 Å². The van der Waals surface area contributed by atoms with Crippen molar-refractivity contribution < 1.29 is 14.1 Å². The lowest BCUT2D eigenvalue weighted by Crippen LogP contribution is -2.39. The first kappa shape index (κ1) is 19.1. The Hall–Kier alpha value is -2.63. The molecule has 1 aliphatic heterocycles. The number of carbonyl (C=O) groups is 1. The average Bonchev–Trinajstić information content (AvgIpc) is 3.17. The van der Waals surface area contributed by atoms with Gasteiger partial charge in [-0.15, -0.1) is 0 Å². The lowest BCUT2D eigenvalue weighted by Gasteiger charge is -2.31. The molecule has 0 spiro atoms. The van der Waals surface area contributed by atoms with Crippen LogP contribution >= 0.6 is 0 Å². The molecule has 0 saturated carbocycles. The number of benzene rings is 1. The molecule has 1 aliphatic rings. The summed E-state index contributed by atoms with van der Waals surface area (Å²) in [7, 11) is 0. The molecule has 1 aromatic heterocycles. The van der Waals surface area contributed by atoms with Gasteiger partial charge in [0, 0.05) is 19.0 Å². The molecule has 2 heterocycles. The molecule has 2 aromatic rings. The minimum absolute atomic E-state index is 0.0272. The van der Waals surface area contributed by atoms with Gasteiger partial charge in [-0.05, 0) is 37.5 Å². The third-order valence-corrected chi connectivity index (χ3v) is 4.62. The molecule has 1 atom stereocenters. The molecular weight excluding hydrogens is 342 g/mol. The van der Waals surface area contributed by atoms with E-state index >= 15 is 0 Å². The Balaban J connectivity index is 1.74. The average molecular weight is 369 g/mol. The van der Waals surface area contributed by atoms with Gasteiger partial charge in [0.1, 0.15) is 12.4 Å². The maximum Gasteiger partial charge on any atom is 0.257 e. The number of ether oxygens (including phenoxy) is 1. The van der Waals surface area contributed by atoms with Crippen molar-refractivity contribution in [3.8, 4) is 5.75 Å². The van der Waals surface area contributed by atoms with E-state index in [2.05, 4.69) is 16.7 Å². The fraction of sp³-hybridized carbons (Fsp3) is 0.476.